The summed E-state index contributed by atoms with van der Waals surface area (Å²) in [5.74, 6) is -4.33. The first-order valence-corrected chi connectivity index (χ1v) is 12.4. The van der Waals surface area contributed by atoms with Gasteiger partial charge in [-0.1, -0.05) is 0 Å². The Balaban J connectivity index is 2.58. The molecule has 3 atom stereocenters. The molecule has 1 aromatic carbocycles. The number of hydrogen-bond acceptors (Lipinski definition) is 8. The van der Waals surface area contributed by atoms with Crippen LogP contribution < -0.4 is 26.0 Å². The van der Waals surface area contributed by atoms with E-state index < -0.39 is 58.5 Å². The zero-order valence-electron chi connectivity index (χ0n) is 16.9. The topological polar surface area (TPSA) is 208 Å². The molecule has 0 radical (unpaired) electrons. The SMILES string of the molecule is N[C@@H](CCC(=O)N[C@@H](CSCC(=O)Nc1ccc([AsH]O)cc1)C(=O)NCC(=O)O)C(=O)O. The van der Waals surface area contributed by atoms with Crippen LogP contribution in [-0.2, 0) is 24.0 Å². The van der Waals surface area contributed by atoms with E-state index in [0.29, 0.717) is 5.69 Å². The summed E-state index contributed by atoms with van der Waals surface area (Å²) in [4.78, 5) is 57.8. The van der Waals surface area contributed by atoms with Crippen LogP contribution in [0.2, 0.25) is 0 Å². The summed E-state index contributed by atoms with van der Waals surface area (Å²) < 4.78 is 9.96. The van der Waals surface area contributed by atoms with Crippen molar-refractivity contribution in [3.63, 3.8) is 0 Å². The predicted molar refractivity (Wildman–Crippen MR) is 119 cm³/mol. The molecule has 14 heteroatoms. The van der Waals surface area contributed by atoms with Crippen molar-refractivity contribution in [2.75, 3.05) is 23.4 Å². The molecule has 0 fully saturated rings. The van der Waals surface area contributed by atoms with E-state index in [-0.39, 0.29) is 30.3 Å². The second-order valence-corrected chi connectivity index (χ2v) is 9.18. The molecule has 0 aliphatic carbocycles. The maximum absolute atomic E-state index is 12.2. The molecule has 1 unspecified atom stereocenters. The first kappa shape index (κ1) is 27.4. The summed E-state index contributed by atoms with van der Waals surface area (Å²) in [6.45, 7) is -0.646. The van der Waals surface area contributed by atoms with E-state index in [1.807, 2.05) is 0 Å². The van der Waals surface area contributed by atoms with E-state index in [4.69, 9.17) is 20.0 Å². The van der Waals surface area contributed by atoms with Crippen molar-refractivity contribution in [1.82, 2.24) is 10.6 Å². The first-order valence-electron chi connectivity index (χ1n) is 9.27. The van der Waals surface area contributed by atoms with E-state index in [0.717, 1.165) is 16.1 Å². The van der Waals surface area contributed by atoms with Crippen molar-refractivity contribution in [2.24, 2.45) is 5.73 Å². The van der Waals surface area contributed by atoms with Gasteiger partial charge >= 0.3 is 139 Å². The molecule has 3 amide bonds. The smallest absolute Gasteiger partial charge is 0.480 e. The van der Waals surface area contributed by atoms with Crippen LogP contribution in [0.3, 0.4) is 0 Å². The normalized spacial score (nSPS) is 12.7. The summed E-state index contributed by atoms with van der Waals surface area (Å²) in [6, 6.07) is 4.36. The zero-order chi connectivity index (χ0) is 24.1. The average Bonchev–Trinajstić information content (AvgIpc) is 2.75. The minimum absolute atomic E-state index is 0.0237. The molecule has 32 heavy (non-hydrogen) atoms. The third-order valence-corrected chi connectivity index (χ3v) is 6.16. The summed E-state index contributed by atoms with van der Waals surface area (Å²) >= 11 is -0.118. The van der Waals surface area contributed by atoms with Gasteiger partial charge in [0.05, 0.1) is 0 Å². The first-order chi connectivity index (χ1) is 15.1. The molecule has 1 rings (SSSR count). The molecule has 12 nitrogen and oxygen atoms in total. The molecular weight excluding hydrogens is 507 g/mol. The molecule has 8 N–H and O–H groups in total. The number of hydrogen-bond donors (Lipinski definition) is 7. The Labute approximate surface area is 194 Å². The van der Waals surface area contributed by atoms with Crippen LogP contribution in [0, 0.1) is 0 Å². The molecule has 0 heterocycles. The van der Waals surface area contributed by atoms with Crippen LogP contribution in [0.25, 0.3) is 0 Å². The van der Waals surface area contributed by atoms with Gasteiger partial charge in [-0.25, -0.2) is 0 Å². The van der Waals surface area contributed by atoms with Gasteiger partial charge in [-0.3, -0.25) is 14.4 Å². The Kier molecular flexibility index (Phi) is 12.4. The van der Waals surface area contributed by atoms with Crippen LogP contribution in [0.4, 0.5) is 5.69 Å². The molecule has 176 valence electrons. The maximum atomic E-state index is 12.2. The summed E-state index contributed by atoms with van der Waals surface area (Å²) in [5, 5.41) is 24.7. The van der Waals surface area contributed by atoms with E-state index in [9.17, 15) is 24.0 Å². The Morgan fingerprint density at radius 1 is 1.06 bits per heavy atom. The minimum atomic E-state index is -1.27. The number of nitrogens with two attached hydrogens (primary N) is 1. The second-order valence-electron chi connectivity index (χ2n) is 6.47. The van der Waals surface area contributed by atoms with Crippen molar-refractivity contribution in [1.29, 1.82) is 0 Å². The van der Waals surface area contributed by atoms with E-state index in [1.165, 1.54) is 0 Å². The van der Waals surface area contributed by atoms with Crippen LogP contribution in [-0.4, -0.2) is 90.2 Å². The number of benzene rings is 1. The van der Waals surface area contributed by atoms with Gasteiger partial charge in [0.2, 0.25) is 0 Å². The van der Waals surface area contributed by atoms with Crippen LogP contribution >= 0.6 is 11.8 Å². The molecular formula is C18H25AsN4O8S. The van der Waals surface area contributed by atoms with Crippen molar-refractivity contribution in [3.05, 3.63) is 24.3 Å². The van der Waals surface area contributed by atoms with Gasteiger partial charge < -0.3 is 15.9 Å². The van der Waals surface area contributed by atoms with Crippen molar-refractivity contribution in [3.8, 4) is 0 Å². The summed E-state index contributed by atoms with van der Waals surface area (Å²) in [5.41, 5.74) is 5.89. The number of carboxylic acid groups (broad SMARTS) is 2. The van der Waals surface area contributed by atoms with Crippen LogP contribution in [0.5, 0.6) is 0 Å². The number of aliphatic carboxylic acids is 2. The summed E-state index contributed by atoms with van der Waals surface area (Å²) in [6.07, 6.45) is -0.384. The van der Waals surface area contributed by atoms with Gasteiger partial charge in [-0.05, 0) is 6.42 Å². The van der Waals surface area contributed by atoms with Gasteiger partial charge in [0.25, 0.3) is 0 Å². The number of carbonyl (C=O) groups excluding carboxylic acids is 3. The molecule has 0 saturated carbocycles. The number of carboxylic acids is 2. The van der Waals surface area contributed by atoms with Gasteiger partial charge in [-0.2, -0.15) is 0 Å². The number of nitrogens with one attached hydrogen (secondary N) is 3. The van der Waals surface area contributed by atoms with Crippen LogP contribution in [0.15, 0.2) is 24.3 Å². The summed E-state index contributed by atoms with van der Waals surface area (Å²) in [7, 11) is 0. The van der Waals surface area contributed by atoms with Gasteiger partial charge in [-0.15, -0.1) is 0 Å². The fourth-order valence-corrected chi connectivity index (χ4v) is 3.75. The number of thioether (sulfide) groups is 1. The van der Waals surface area contributed by atoms with Gasteiger partial charge in [0, 0.05) is 6.42 Å². The number of amides is 3. The Hall–Kier alpha value is -2.60. The third kappa shape index (κ3) is 11.1. The van der Waals surface area contributed by atoms with Gasteiger partial charge in [0.15, 0.2) is 0 Å². The standard InChI is InChI=1S/C18H25AsN4O8S/c20-12(18(29)30)5-6-14(24)23-13(17(28)21-7-16(26)27)8-32-9-15(25)22-11-3-1-10(19-31)2-4-11/h1-4,12-13,19,31H,5-9,20H2,(H,21,28)(H,22,25)(H,23,24)(H,26,27)(H,29,30)/t12-,13-/m0/s1. The average molecular weight is 532 g/mol. The van der Waals surface area contributed by atoms with Gasteiger partial charge in [0.1, 0.15) is 12.6 Å². The third-order valence-electron chi connectivity index (χ3n) is 3.88. The molecule has 0 aromatic heterocycles. The van der Waals surface area contributed by atoms with E-state index in [2.05, 4.69) is 16.0 Å². The predicted octanol–water partition coefficient (Wildman–Crippen LogP) is -2.79. The van der Waals surface area contributed by atoms with Crippen molar-refractivity contribution in [2.45, 2.75) is 24.9 Å². The van der Waals surface area contributed by atoms with Crippen molar-refractivity contribution < 1.29 is 38.3 Å². The molecule has 0 saturated heterocycles. The molecule has 1 aromatic rings. The fraction of sp³-hybridized carbons (Fsp3) is 0.389. The minimum Gasteiger partial charge on any atom is -0.480 e. The van der Waals surface area contributed by atoms with Crippen molar-refractivity contribution >= 4 is 67.6 Å². The molecule has 0 aliphatic heterocycles. The van der Waals surface area contributed by atoms with E-state index in [1.54, 1.807) is 24.3 Å². The fourth-order valence-electron chi connectivity index (χ4n) is 2.24. The Morgan fingerprint density at radius 3 is 2.28 bits per heavy atom. The Morgan fingerprint density at radius 2 is 1.72 bits per heavy atom. The van der Waals surface area contributed by atoms with Crippen LogP contribution in [0.1, 0.15) is 12.8 Å². The zero-order valence-corrected chi connectivity index (χ0v) is 19.8. The number of carbonyl (C=O) groups is 5. The Bertz CT molecular complexity index is 824. The number of rotatable bonds is 14. The van der Waals surface area contributed by atoms with E-state index >= 15 is 0 Å². The quantitative estimate of drug-likeness (QED) is 0.123. The molecule has 0 aliphatic rings. The number of anilines is 1. The molecule has 0 bridgehead atoms. The second kappa shape index (κ2) is 14.5. The molecule has 0 spiro atoms. The monoisotopic (exact) mass is 532 g/mol.